The number of phenolic OH excluding ortho intramolecular Hbond substituents is 1. The Bertz CT molecular complexity index is 1870. The Hall–Kier alpha value is -3.47. The number of hydrogen-bond acceptors (Lipinski definition) is 9. The van der Waals surface area contributed by atoms with Crippen LogP contribution in [0.25, 0.3) is 12.2 Å². The fourth-order valence-electron chi connectivity index (χ4n) is 9.96. The minimum atomic E-state index is -0.381. The molecule has 2 fully saturated rings. The van der Waals surface area contributed by atoms with Crippen LogP contribution in [0.2, 0.25) is 0 Å². The summed E-state index contributed by atoms with van der Waals surface area (Å²) in [4.78, 5) is 30.8. The molecule has 1 aromatic carbocycles. The lowest BCUT2D eigenvalue weighted by molar-refractivity contribution is -0.124. The van der Waals surface area contributed by atoms with Gasteiger partial charge in [0.2, 0.25) is 0 Å². The molecule has 1 aromatic heterocycles. The smallest absolute Gasteiger partial charge is 0.163 e. The molecule has 4 N–H and O–H groups in total. The SMILES string of the molecule is CCC1CCC(=O)CC(=O)C=Cc2cc(OC)c(O)cc2C2C=CC1SSC(C13CC4(CCCC4)CC1C=Cc1cncn13)C1=CC2=CNC1N. The second kappa shape index (κ2) is 13.8. The number of imidazole rings is 1. The lowest BCUT2D eigenvalue weighted by Gasteiger charge is -2.48. The van der Waals surface area contributed by atoms with Crippen LogP contribution in [-0.2, 0) is 15.1 Å². The Morgan fingerprint density at radius 3 is 2.76 bits per heavy atom. The van der Waals surface area contributed by atoms with Crippen molar-refractivity contribution in [1.82, 2.24) is 14.9 Å². The summed E-state index contributed by atoms with van der Waals surface area (Å²) < 4.78 is 8.01. The van der Waals surface area contributed by atoms with Crippen LogP contribution in [0.5, 0.6) is 11.5 Å². The van der Waals surface area contributed by atoms with E-state index in [1.165, 1.54) is 45.3 Å². The molecule has 0 radical (unpaired) electrons. The van der Waals surface area contributed by atoms with Gasteiger partial charge in [-0.15, -0.1) is 0 Å². The third-order valence-electron chi connectivity index (χ3n) is 12.5. The second-order valence-electron chi connectivity index (χ2n) is 15.4. The third kappa shape index (κ3) is 6.15. The first-order chi connectivity index (χ1) is 24.7. The van der Waals surface area contributed by atoms with Crippen molar-refractivity contribution < 1.29 is 19.4 Å². The number of aromatic hydroxyl groups is 1. The highest BCUT2D eigenvalue weighted by atomic mass is 33.1. The van der Waals surface area contributed by atoms with E-state index in [1.54, 1.807) is 18.2 Å². The maximum absolute atomic E-state index is 13.1. The van der Waals surface area contributed by atoms with Gasteiger partial charge in [-0.05, 0) is 90.0 Å². The average Bonchev–Trinajstić information content (AvgIpc) is 3.87. The Labute approximate surface area is 308 Å². The van der Waals surface area contributed by atoms with Crippen LogP contribution in [0.3, 0.4) is 0 Å². The summed E-state index contributed by atoms with van der Waals surface area (Å²) in [6, 6.07) is 3.54. The van der Waals surface area contributed by atoms with E-state index < -0.39 is 0 Å². The van der Waals surface area contributed by atoms with E-state index in [-0.39, 0.29) is 57.8 Å². The standard InChI is InChI=1S/C41H48N4O4S2/c1-3-25-6-10-30(46)18-31(47)11-7-26-17-36(49-2)35(48)19-33(26)32-12-13-37(25)50-51-38(34-16-27(32)21-44-39(34)42)41-23-40(14-4-5-15-40)20-28(41)8-9-29-22-43-24-45(29)41/h7-9,11-13,16-17,19,21-22,24-25,28,32,37-39,44,48H,3-6,10,14-15,18,20,23,42H2,1-2H3. The van der Waals surface area contributed by atoms with Crippen molar-refractivity contribution in [1.29, 1.82) is 0 Å². The number of carbonyl (C=O) groups is 2. The van der Waals surface area contributed by atoms with E-state index in [1.807, 2.05) is 34.0 Å². The van der Waals surface area contributed by atoms with Crippen LogP contribution in [0.4, 0.5) is 0 Å². The van der Waals surface area contributed by atoms with E-state index in [9.17, 15) is 14.7 Å². The van der Waals surface area contributed by atoms with Gasteiger partial charge in [0.15, 0.2) is 17.3 Å². The Balaban J connectivity index is 1.33. The predicted octanol–water partition coefficient (Wildman–Crippen LogP) is 7.82. The summed E-state index contributed by atoms with van der Waals surface area (Å²) in [6.07, 6.45) is 29.8. The molecule has 6 aliphatic rings. The highest BCUT2D eigenvalue weighted by Crippen LogP contribution is 2.66. The molecule has 2 aromatic rings. The number of rotatable bonds is 3. The molecule has 0 amide bonds. The molecule has 4 heterocycles. The van der Waals surface area contributed by atoms with E-state index in [2.05, 4.69) is 53.5 Å². The quantitative estimate of drug-likeness (QED) is 0.165. The number of phenols is 1. The van der Waals surface area contributed by atoms with E-state index >= 15 is 0 Å². The van der Waals surface area contributed by atoms with Crippen molar-refractivity contribution >= 4 is 45.3 Å². The lowest BCUT2D eigenvalue weighted by atomic mass is 9.75. The summed E-state index contributed by atoms with van der Waals surface area (Å²) in [6.45, 7) is 2.21. The number of dihydropyridines is 1. The van der Waals surface area contributed by atoms with Gasteiger partial charge < -0.3 is 25.5 Å². The van der Waals surface area contributed by atoms with Crippen LogP contribution >= 0.6 is 21.6 Å². The zero-order valence-corrected chi connectivity index (χ0v) is 31.1. The van der Waals surface area contributed by atoms with Crippen molar-refractivity contribution in [3.8, 4) is 11.5 Å². The monoisotopic (exact) mass is 724 g/mol. The molecule has 10 heteroatoms. The minimum absolute atomic E-state index is 0.0287. The number of methoxy groups -OCH3 is 1. The number of nitrogens with two attached hydrogens (primary N) is 1. The number of ketones is 2. The van der Waals surface area contributed by atoms with Crippen molar-refractivity contribution in [3.63, 3.8) is 0 Å². The van der Waals surface area contributed by atoms with Gasteiger partial charge >= 0.3 is 0 Å². The summed E-state index contributed by atoms with van der Waals surface area (Å²) in [5.74, 6) is 0.417. The number of allylic oxidation sites excluding steroid dienone is 5. The second-order valence-corrected chi connectivity index (χ2v) is 18.0. The van der Waals surface area contributed by atoms with Gasteiger partial charge in [-0.2, -0.15) is 0 Å². The van der Waals surface area contributed by atoms with E-state index in [0.29, 0.717) is 23.5 Å². The Kier molecular flexibility index (Phi) is 9.38. The third-order valence-corrected chi connectivity index (χ3v) is 15.9. The normalized spacial score (nSPS) is 32.8. The topological polar surface area (TPSA) is 119 Å². The van der Waals surface area contributed by atoms with Gasteiger partial charge in [-0.1, -0.05) is 78.2 Å². The molecule has 51 heavy (non-hydrogen) atoms. The van der Waals surface area contributed by atoms with Crippen molar-refractivity contribution in [3.05, 3.63) is 89.2 Å². The Morgan fingerprint density at radius 2 is 1.96 bits per heavy atom. The average molecular weight is 725 g/mol. The first-order valence-corrected chi connectivity index (χ1v) is 20.8. The van der Waals surface area contributed by atoms with Gasteiger partial charge in [0.1, 0.15) is 5.78 Å². The van der Waals surface area contributed by atoms with Crippen LogP contribution in [0.1, 0.15) is 93.9 Å². The first-order valence-electron chi connectivity index (χ1n) is 18.5. The molecule has 4 bridgehead atoms. The molecule has 8 rings (SSSR count). The highest BCUT2D eigenvalue weighted by Gasteiger charge is 2.61. The number of aromatic nitrogens is 2. The number of nitrogens with one attached hydrogen (secondary N) is 1. The van der Waals surface area contributed by atoms with Gasteiger partial charge in [0.05, 0.1) is 48.7 Å². The molecule has 1 spiro atoms. The minimum Gasteiger partial charge on any atom is -0.504 e. The number of hydrogen-bond donors (Lipinski definition) is 3. The fourth-order valence-corrected chi connectivity index (χ4v) is 13.9. The number of Topliss-reactive ketones (excluding diaryl/α,β-unsaturated/α-hetero) is 1. The number of ether oxygens (including phenoxy) is 1. The zero-order chi connectivity index (χ0) is 35.3. The molecule has 3 aliphatic heterocycles. The molecular weight excluding hydrogens is 677 g/mol. The van der Waals surface area contributed by atoms with Crippen LogP contribution in [0, 0.1) is 17.3 Å². The van der Waals surface area contributed by atoms with Gasteiger partial charge in [-0.25, -0.2) is 4.98 Å². The number of nitrogens with zero attached hydrogens (tertiary/aromatic N) is 2. The number of carbonyl (C=O) groups excluding carboxylic acids is 2. The number of fused-ring (bicyclic) bond motifs is 9. The molecular formula is C41H48N4O4S2. The van der Waals surface area contributed by atoms with Crippen LogP contribution in [0.15, 0.2) is 72.4 Å². The van der Waals surface area contributed by atoms with E-state index in [0.717, 1.165) is 47.2 Å². The molecule has 7 atom stereocenters. The summed E-state index contributed by atoms with van der Waals surface area (Å²) >= 11 is 0. The first kappa shape index (κ1) is 34.6. The molecule has 2 saturated carbocycles. The summed E-state index contributed by atoms with van der Waals surface area (Å²) in [5.41, 5.74) is 12.1. The van der Waals surface area contributed by atoms with Crippen LogP contribution < -0.4 is 15.8 Å². The zero-order valence-electron chi connectivity index (χ0n) is 29.4. The molecule has 7 unspecified atom stereocenters. The number of benzene rings is 1. The highest BCUT2D eigenvalue weighted by molar-refractivity contribution is 8.77. The van der Waals surface area contributed by atoms with Gasteiger partial charge in [0.25, 0.3) is 0 Å². The predicted molar refractivity (Wildman–Crippen MR) is 206 cm³/mol. The van der Waals surface area contributed by atoms with Crippen molar-refractivity contribution in [2.75, 3.05) is 7.11 Å². The molecule has 8 nitrogen and oxygen atoms in total. The van der Waals surface area contributed by atoms with Gasteiger partial charge in [0, 0.05) is 29.7 Å². The van der Waals surface area contributed by atoms with Crippen LogP contribution in [-0.4, -0.2) is 50.0 Å². The van der Waals surface area contributed by atoms with Crippen molar-refractivity contribution in [2.45, 2.75) is 99.3 Å². The van der Waals surface area contributed by atoms with Gasteiger partial charge in [-0.3, -0.25) is 9.59 Å². The maximum Gasteiger partial charge on any atom is 0.163 e. The molecule has 0 saturated heterocycles. The maximum atomic E-state index is 13.1. The molecule has 268 valence electrons. The molecule has 3 aliphatic carbocycles. The summed E-state index contributed by atoms with van der Waals surface area (Å²) in [7, 11) is 5.38. The largest absolute Gasteiger partial charge is 0.504 e. The fraction of sp³-hybridized carbons (Fsp3) is 0.488. The Morgan fingerprint density at radius 1 is 1.12 bits per heavy atom. The lowest BCUT2D eigenvalue weighted by Crippen LogP contribution is -2.53. The van der Waals surface area contributed by atoms with E-state index in [4.69, 9.17) is 15.5 Å². The summed E-state index contributed by atoms with van der Waals surface area (Å²) in [5, 5.41) is 14.8. The van der Waals surface area contributed by atoms with Crippen molar-refractivity contribution in [2.24, 2.45) is 23.0 Å².